The van der Waals surface area contributed by atoms with Gasteiger partial charge in [0.15, 0.2) is 5.75 Å². The van der Waals surface area contributed by atoms with Crippen molar-refractivity contribution in [1.29, 1.82) is 0 Å². The van der Waals surface area contributed by atoms with Gasteiger partial charge in [-0.1, -0.05) is 23.7 Å². The van der Waals surface area contributed by atoms with Gasteiger partial charge in [-0.25, -0.2) is 4.79 Å². The van der Waals surface area contributed by atoms with E-state index in [4.69, 9.17) is 21.4 Å². The molecule has 0 bridgehead atoms. The highest BCUT2D eigenvalue weighted by Gasteiger charge is 2.05. The maximum absolute atomic E-state index is 11.2. The Morgan fingerprint density at radius 2 is 2.20 bits per heavy atom. The van der Waals surface area contributed by atoms with E-state index in [1.807, 2.05) is 0 Å². The van der Waals surface area contributed by atoms with Crippen LogP contribution < -0.4 is 10.1 Å². The van der Waals surface area contributed by atoms with Crippen LogP contribution in [0, 0.1) is 0 Å². The lowest BCUT2D eigenvalue weighted by atomic mass is 10.3. The third-order valence-corrected chi connectivity index (χ3v) is 1.96. The van der Waals surface area contributed by atoms with Crippen molar-refractivity contribution >= 4 is 17.7 Å². The summed E-state index contributed by atoms with van der Waals surface area (Å²) in [4.78, 5) is 11.2. The number of hydrogen-bond donors (Lipinski definition) is 2. The molecule has 0 aliphatic heterocycles. The van der Waals surface area contributed by atoms with E-state index in [1.54, 1.807) is 24.3 Å². The van der Waals surface area contributed by atoms with E-state index in [0.717, 1.165) is 0 Å². The van der Waals surface area contributed by atoms with Crippen LogP contribution in [0.4, 0.5) is 4.79 Å². The van der Waals surface area contributed by atoms with Crippen LogP contribution in [0.5, 0.6) is 5.75 Å². The average molecular weight is 230 g/mol. The van der Waals surface area contributed by atoms with Gasteiger partial charge in [-0.2, -0.15) is 0 Å². The van der Waals surface area contributed by atoms with Gasteiger partial charge >= 0.3 is 6.09 Å². The van der Waals surface area contributed by atoms with E-state index in [-0.39, 0.29) is 6.61 Å². The summed E-state index contributed by atoms with van der Waals surface area (Å²) in [5, 5.41) is 11.4. The van der Waals surface area contributed by atoms with Crippen LogP contribution in [0.25, 0.3) is 0 Å². The third kappa shape index (κ3) is 4.18. The second kappa shape index (κ2) is 6.27. The standard InChI is InChI=1S/C10H12ClNO3/c11-8-4-1-2-5-9(8)15-10(14)12-6-3-7-13/h1-2,4-5,13H,3,6-7H2,(H,12,14). The van der Waals surface area contributed by atoms with E-state index in [2.05, 4.69) is 5.32 Å². The number of para-hydroxylation sites is 1. The monoisotopic (exact) mass is 229 g/mol. The number of hydrogen-bond acceptors (Lipinski definition) is 3. The average Bonchev–Trinajstić information content (AvgIpc) is 2.22. The Kier molecular flexibility index (Phi) is 4.93. The highest BCUT2D eigenvalue weighted by atomic mass is 35.5. The molecule has 1 amide bonds. The molecule has 0 spiro atoms. The lowest BCUT2D eigenvalue weighted by molar-refractivity contribution is 0.199. The van der Waals surface area contributed by atoms with Crippen molar-refractivity contribution in [2.75, 3.05) is 13.2 Å². The fourth-order valence-corrected chi connectivity index (χ4v) is 1.11. The van der Waals surface area contributed by atoms with E-state index in [9.17, 15) is 4.79 Å². The second-order valence-electron chi connectivity index (χ2n) is 2.82. The number of amides is 1. The fraction of sp³-hybridized carbons (Fsp3) is 0.300. The fourth-order valence-electron chi connectivity index (χ4n) is 0.933. The molecule has 0 radical (unpaired) electrons. The molecule has 1 aromatic carbocycles. The number of carbonyl (C=O) groups is 1. The van der Waals surface area contributed by atoms with E-state index < -0.39 is 6.09 Å². The van der Waals surface area contributed by atoms with Gasteiger partial charge in [-0.15, -0.1) is 0 Å². The van der Waals surface area contributed by atoms with Gasteiger partial charge in [0.25, 0.3) is 0 Å². The van der Waals surface area contributed by atoms with Crippen LogP contribution >= 0.6 is 11.6 Å². The molecule has 0 unspecified atom stereocenters. The maximum atomic E-state index is 11.2. The molecule has 0 fully saturated rings. The summed E-state index contributed by atoms with van der Waals surface area (Å²) in [6.45, 7) is 0.409. The molecule has 0 aromatic heterocycles. The molecule has 0 atom stereocenters. The van der Waals surface area contributed by atoms with Gasteiger partial charge in [-0.3, -0.25) is 0 Å². The van der Waals surface area contributed by atoms with Gasteiger partial charge in [0.1, 0.15) is 0 Å². The van der Waals surface area contributed by atoms with Gasteiger partial charge < -0.3 is 15.2 Å². The van der Waals surface area contributed by atoms with Crippen LogP contribution in [-0.4, -0.2) is 24.4 Å². The minimum atomic E-state index is -0.573. The first-order valence-electron chi connectivity index (χ1n) is 4.55. The molecule has 0 saturated carbocycles. The number of ether oxygens (including phenoxy) is 1. The summed E-state index contributed by atoms with van der Waals surface area (Å²) in [5.74, 6) is 0.320. The van der Waals surface area contributed by atoms with Gasteiger partial charge in [0.2, 0.25) is 0 Å². The quantitative estimate of drug-likeness (QED) is 0.775. The van der Waals surface area contributed by atoms with Crippen LogP contribution in [0.3, 0.4) is 0 Å². The number of aliphatic hydroxyl groups excluding tert-OH is 1. The molecule has 0 aliphatic rings. The molecule has 2 N–H and O–H groups in total. The first-order valence-corrected chi connectivity index (χ1v) is 4.93. The predicted molar refractivity (Wildman–Crippen MR) is 57.2 cm³/mol. The summed E-state index contributed by atoms with van der Waals surface area (Å²) >= 11 is 5.78. The second-order valence-corrected chi connectivity index (χ2v) is 3.23. The smallest absolute Gasteiger partial charge is 0.409 e. The largest absolute Gasteiger partial charge is 0.412 e. The van der Waals surface area contributed by atoms with E-state index >= 15 is 0 Å². The van der Waals surface area contributed by atoms with Gasteiger partial charge in [-0.05, 0) is 18.6 Å². The van der Waals surface area contributed by atoms with Crippen LogP contribution in [0.1, 0.15) is 6.42 Å². The third-order valence-electron chi connectivity index (χ3n) is 1.64. The zero-order chi connectivity index (χ0) is 11.1. The molecule has 15 heavy (non-hydrogen) atoms. The molecule has 1 aromatic rings. The molecular weight excluding hydrogens is 218 g/mol. The van der Waals surface area contributed by atoms with Crippen molar-refractivity contribution < 1.29 is 14.6 Å². The van der Waals surface area contributed by atoms with Crippen molar-refractivity contribution in [2.45, 2.75) is 6.42 Å². The van der Waals surface area contributed by atoms with E-state index in [0.29, 0.717) is 23.7 Å². The lowest BCUT2D eigenvalue weighted by Gasteiger charge is -2.06. The van der Waals surface area contributed by atoms with Crippen molar-refractivity contribution in [2.24, 2.45) is 0 Å². The molecule has 0 aliphatic carbocycles. The minimum Gasteiger partial charge on any atom is -0.409 e. The summed E-state index contributed by atoms with van der Waals surface area (Å²) in [6, 6.07) is 6.72. The zero-order valence-electron chi connectivity index (χ0n) is 8.07. The summed E-state index contributed by atoms with van der Waals surface area (Å²) < 4.78 is 4.93. The molecule has 4 nitrogen and oxygen atoms in total. The van der Waals surface area contributed by atoms with Crippen molar-refractivity contribution in [1.82, 2.24) is 5.32 Å². The summed E-state index contributed by atoms with van der Waals surface area (Å²) in [7, 11) is 0. The highest BCUT2D eigenvalue weighted by molar-refractivity contribution is 6.32. The molecule has 0 saturated heterocycles. The number of benzene rings is 1. The Morgan fingerprint density at radius 3 is 2.87 bits per heavy atom. The Bertz CT molecular complexity index is 330. The summed E-state index contributed by atoms with van der Waals surface area (Å²) in [6.07, 6.45) is -0.0750. The first kappa shape index (κ1) is 11.8. The Balaban J connectivity index is 2.41. The van der Waals surface area contributed by atoms with Crippen molar-refractivity contribution in [3.05, 3.63) is 29.3 Å². The van der Waals surface area contributed by atoms with Gasteiger partial charge in [0.05, 0.1) is 5.02 Å². The van der Waals surface area contributed by atoms with E-state index in [1.165, 1.54) is 0 Å². The minimum absolute atomic E-state index is 0.0341. The molecule has 5 heteroatoms. The predicted octanol–water partition coefficient (Wildman–Crippen LogP) is 1.81. The number of rotatable bonds is 4. The number of nitrogens with one attached hydrogen (secondary N) is 1. The summed E-state index contributed by atoms with van der Waals surface area (Å²) in [5.41, 5.74) is 0. The Hall–Kier alpha value is -1.26. The number of aliphatic hydroxyl groups is 1. The van der Waals surface area contributed by atoms with Crippen LogP contribution in [-0.2, 0) is 0 Å². The number of carbonyl (C=O) groups excluding carboxylic acids is 1. The molecule has 82 valence electrons. The maximum Gasteiger partial charge on any atom is 0.412 e. The lowest BCUT2D eigenvalue weighted by Crippen LogP contribution is -2.28. The Labute approximate surface area is 92.8 Å². The molecular formula is C10H12ClNO3. The first-order chi connectivity index (χ1) is 7.24. The Morgan fingerprint density at radius 1 is 1.47 bits per heavy atom. The zero-order valence-corrected chi connectivity index (χ0v) is 8.83. The van der Waals surface area contributed by atoms with Crippen molar-refractivity contribution in [3.63, 3.8) is 0 Å². The molecule has 1 rings (SSSR count). The normalized spacial score (nSPS) is 9.73. The SMILES string of the molecule is O=C(NCCCO)Oc1ccccc1Cl. The number of halogens is 1. The topological polar surface area (TPSA) is 58.6 Å². The molecule has 0 heterocycles. The van der Waals surface area contributed by atoms with Crippen molar-refractivity contribution in [3.8, 4) is 5.75 Å². The van der Waals surface area contributed by atoms with Crippen LogP contribution in [0.15, 0.2) is 24.3 Å². The van der Waals surface area contributed by atoms with Crippen LogP contribution in [0.2, 0.25) is 5.02 Å². The van der Waals surface area contributed by atoms with Gasteiger partial charge in [0, 0.05) is 13.2 Å². The highest BCUT2D eigenvalue weighted by Crippen LogP contribution is 2.22.